The third-order valence-corrected chi connectivity index (χ3v) is 4.56. The maximum atomic E-state index is 12.7. The highest BCUT2D eigenvalue weighted by Gasteiger charge is 2.17. The molecule has 0 radical (unpaired) electrons. The number of amides is 1. The molecular formula is C19H20ClN3O2. The van der Waals surface area contributed by atoms with Crippen molar-refractivity contribution in [3.8, 4) is 0 Å². The van der Waals surface area contributed by atoms with Crippen LogP contribution in [-0.2, 0) is 7.05 Å². The highest BCUT2D eigenvalue weighted by atomic mass is 35.5. The van der Waals surface area contributed by atoms with E-state index >= 15 is 0 Å². The van der Waals surface area contributed by atoms with E-state index in [1.807, 2.05) is 48.9 Å². The lowest BCUT2D eigenvalue weighted by Crippen LogP contribution is -2.28. The number of aliphatic hydroxyl groups excluding tert-OH is 1. The van der Waals surface area contributed by atoms with Crippen molar-refractivity contribution in [3.63, 3.8) is 0 Å². The number of rotatable bonds is 4. The zero-order valence-electron chi connectivity index (χ0n) is 14.3. The van der Waals surface area contributed by atoms with Gasteiger partial charge < -0.3 is 15.0 Å². The van der Waals surface area contributed by atoms with Gasteiger partial charge in [0, 0.05) is 29.2 Å². The molecule has 0 aliphatic heterocycles. The Hall–Kier alpha value is -2.37. The van der Waals surface area contributed by atoms with Crippen LogP contribution in [0.4, 0.5) is 0 Å². The quantitative estimate of drug-likeness (QED) is 0.746. The first-order chi connectivity index (χ1) is 11.9. The summed E-state index contributed by atoms with van der Waals surface area (Å²) in [6, 6.07) is 10.8. The Labute approximate surface area is 151 Å². The Morgan fingerprint density at radius 3 is 2.64 bits per heavy atom. The minimum Gasteiger partial charge on any atom is -0.387 e. The summed E-state index contributed by atoms with van der Waals surface area (Å²) in [6.45, 7) is 3.57. The molecule has 1 amide bonds. The number of benzene rings is 1. The molecule has 0 saturated heterocycles. The van der Waals surface area contributed by atoms with Crippen LogP contribution in [-0.4, -0.2) is 20.6 Å². The Balaban J connectivity index is 1.80. The van der Waals surface area contributed by atoms with E-state index in [0.717, 1.165) is 16.5 Å². The number of aliphatic hydroxyl groups is 1. The van der Waals surface area contributed by atoms with Crippen LogP contribution in [0.2, 0.25) is 5.02 Å². The summed E-state index contributed by atoms with van der Waals surface area (Å²) in [5.74, 6) is -0.165. The normalized spacial score (nSPS) is 13.6. The van der Waals surface area contributed by atoms with Crippen molar-refractivity contribution >= 4 is 28.4 Å². The largest absolute Gasteiger partial charge is 0.387 e. The molecule has 6 heteroatoms. The molecule has 2 unspecified atom stereocenters. The van der Waals surface area contributed by atoms with Gasteiger partial charge in [-0.25, -0.2) is 0 Å². The summed E-state index contributed by atoms with van der Waals surface area (Å²) in [4.78, 5) is 16.9. The van der Waals surface area contributed by atoms with E-state index in [1.165, 1.54) is 0 Å². The van der Waals surface area contributed by atoms with Crippen molar-refractivity contribution in [3.05, 3.63) is 64.6 Å². The van der Waals surface area contributed by atoms with Crippen molar-refractivity contribution in [2.45, 2.75) is 26.0 Å². The molecule has 0 spiro atoms. The van der Waals surface area contributed by atoms with Gasteiger partial charge in [0.1, 0.15) is 5.69 Å². The molecule has 25 heavy (non-hydrogen) atoms. The van der Waals surface area contributed by atoms with E-state index in [9.17, 15) is 9.90 Å². The second-order valence-corrected chi connectivity index (χ2v) is 6.62. The van der Waals surface area contributed by atoms with E-state index in [1.54, 1.807) is 19.2 Å². The average Bonchev–Trinajstić information content (AvgIpc) is 2.91. The van der Waals surface area contributed by atoms with E-state index in [4.69, 9.17) is 11.6 Å². The molecule has 2 atom stereocenters. The zero-order valence-corrected chi connectivity index (χ0v) is 15.1. The standard InChI is InChI=1S/C19H20ClN3O2/c1-11(14-5-7-16(12(2)24)21-10-14)22-19(25)18-8-13-4-6-15(20)9-17(13)23(18)3/h4-12,24H,1-3H3,(H,22,25). The van der Waals surface area contributed by atoms with Gasteiger partial charge in [-0.3, -0.25) is 9.78 Å². The lowest BCUT2D eigenvalue weighted by atomic mass is 10.1. The fourth-order valence-electron chi connectivity index (χ4n) is 2.80. The van der Waals surface area contributed by atoms with Gasteiger partial charge in [-0.1, -0.05) is 23.7 Å². The lowest BCUT2D eigenvalue weighted by molar-refractivity contribution is 0.0932. The first-order valence-electron chi connectivity index (χ1n) is 8.06. The van der Waals surface area contributed by atoms with Gasteiger partial charge in [0.15, 0.2) is 0 Å². The van der Waals surface area contributed by atoms with Crippen molar-refractivity contribution in [2.75, 3.05) is 0 Å². The third kappa shape index (κ3) is 3.52. The minimum atomic E-state index is -0.610. The monoisotopic (exact) mass is 357 g/mol. The van der Waals surface area contributed by atoms with Crippen molar-refractivity contribution < 1.29 is 9.90 Å². The topological polar surface area (TPSA) is 67.2 Å². The molecule has 2 heterocycles. The number of nitrogens with zero attached hydrogens (tertiary/aromatic N) is 2. The molecule has 2 aromatic heterocycles. The van der Waals surface area contributed by atoms with Crippen LogP contribution >= 0.6 is 11.6 Å². The smallest absolute Gasteiger partial charge is 0.268 e. The molecule has 3 aromatic rings. The van der Waals surface area contributed by atoms with E-state index in [-0.39, 0.29) is 11.9 Å². The molecule has 1 aromatic carbocycles. The molecular weight excluding hydrogens is 338 g/mol. The van der Waals surface area contributed by atoms with Crippen LogP contribution in [0.5, 0.6) is 0 Å². The van der Waals surface area contributed by atoms with Crippen molar-refractivity contribution in [2.24, 2.45) is 7.05 Å². The summed E-state index contributed by atoms with van der Waals surface area (Å²) in [5, 5.41) is 14.1. The zero-order chi connectivity index (χ0) is 18.1. The van der Waals surface area contributed by atoms with E-state index in [2.05, 4.69) is 10.3 Å². The van der Waals surface area contributed by atoms with Crippen LogP contribution in [0, 0.1) is 0 Å². The molecule has 0 saturated carbocycles. The predicted molar refractivity (Wildman–Crippen MR) is 98.7 cm³/mol. The number of carbonyl (C=O) groups is 1. The summed E-state index contributed by atoms with van der Waals surface area (Å²) in [6.07, 6.45) is 1.07. The second kappa shape index (κ2) is 6.86. The van der Waals surface area contributed by atoms with Gasteiger partial charge in [0.05, 0.1) is 17.8 Å². The van der Waals surface area contributed by atoms with Crippen LogP contribution in [0.25, 0.3) is 10.9 Å². The molecule has 0 aliphatic carbocycles. The Morgan fingerprint density at radius 1 is 1.24 bits per heavy atom. The molecule has 3 rings (SSSR count). The lowest BCUT2D eigenvalue weighted by Gasteiger charge is -2.15. The molecule has 0 bridgehead atoms. The summed E-state index contributed by atoms with van der Waals surface area (Å²) in [7, 11) is 1.84. The van der Waals surface area contributed by atoms with Gasteiger partial charge in [0.25, 0.3) is 5.91 Å². The maximum absolute atomic E-state index is 12.7. The van der Waals surface area contributed by atoms with Crippen molar-refractivity contribution in [1.29, 1.82) is 0 Å². The minimum absolute atomic E-state index is 0.165. The second-order valence-electron chi connectivity index (χ2n) is 6.18. The van der Waals surface area contributed by atoms with Crippen LogP contribution in [0.15, 0.2) is 42.6 Å². The van der Waals surface area contributed by atoms with Gasteiger partial charge in [-0.15, -0.1) is 0 Å². The first kappa shape index (κ1) is 17.5. The number of halogens is 1. The Morgan fingerprint density at radius 2 is 2.00 bits per heavy atom. The summed E-state index contributed by atoms with van der Waals surface area (Å²) < 4.78 is 1.83. The van der Waals surface area contributed by atoms with E-state index in [0.29, 0.717) is 16.4 Å². The number of hydrogen-bond acceptors (Lipinski definition) is 3. The maximum Gasteiger partial charge on any atom is 0.268 e. The molecule has 2 N–H and O–H groups in total. The van der Waals surface area contributed by atoms with Crippen LogP contribution in [0.3, 0.4) is 0 Å². The predicted octanol–water partition coefficient (Wildman–Crippen LogP) is 3.77. The molecule has 0 fully saturated rings. The van der Waals surface area contributed by atoms with Crippen molar-refractivity contribution in [1.82, 2.24) is 14.9 Å². The van der Waals surface area contributed by atoms with Crippen LogP contribution < -0.4 is 5.32 Å². The number of nitrogens with one attached hydrogen (secondary N) is 1. The SMILES string of the molecule is CC(O)c1ccc(C(C)NC(=O)c2cc3ccc(Cl)cc3n2C)cn1. The van der Waals surface area contributed by atoms with E-state index < -0.39 is 6.10 Å². The number of hydrogen-bond donors (Lipinski definition) is 2. The van der Waals surface area contributed by atoms with Gasteiger partial charge in [-0.2, -0.15) is 0 Å². The Bertz CT molecular complexity index is 916. The van der Waals surface area contributed by atoms with Gasteiger partial charge in [-0.05, 0) is 43.7 Å². The number of fused-ring (bicyclic) bond motifs is 1. The van der Waals surface area contributed by atoms with Gasteiger partial charge in [0.2, 0.25) is 0 Å². The number of aryl methyl sites for hydroxylation is 1. The number of aromatic nitrogens is 2. The highest BCUT2D eigenvalue weighted by molar-refractivity contribution is 6.31. The molecule has 5 nitrogen and oxygen atoms in total. The first-order valence-corrected chi connectivity index (χ1v) is 8.44. The third-order valence-electron chi connectivity index (χ3n) is 4.32. The number of carbonyl (C=O) groups excluding carboxylic acids is 1. The summed E-state index contributed by atoms with van der Waals surface area (Å²) >= 11 is 6.04. The fourth-order valence-corrected chi connectivity index (χ4v) is 2.96. The molecule has 130 valence electrons. The Kier molecular flexibility index (Phi) is 4.79. The van der Waals surface area contributed by atoms with Crippen LogP contribution in [0.1, 0.15) is 47.7 Å². The highest BCUT2D eigenvalue weighted by Crippen LogP contribution is 2.23. The summed E-state index contributed by atoms with van der Waals surface area (Å²) in [5.41, 5.74) is 2.96. The fraction of sp³-hybridized carbons (Fsp3) is 0.263. The van der Waals surface area contributed by atoms with Gasteiger partial charge >= 0.3 is 0 Å². The average molecular weight is 358 g/mol. The number of pyridine rings is 1. The molecule has 0 aliphatic rings.